The van der Waals surface area contributed by atoms with Crippen LogP contribution in [0.25, 0.3) is 11.1 Å². The maximum absolute atomic E-state index is 13.7. The van der Waals surface area contributed by atoms with Gasteiger partial charge in [0.25, 0.3) is 0 Å². The molecule has 4 aromatic carbocycles. The molecule has 2 heterocycles. The first-order chi connectivity index (χ1) is 23.8. The number of carboxylic acid groups (broad SMARTS) is 1. The summed E-state index contributed by atoms with van der Waals surface area (Å²) in [6.45, 7) is 0. The van der Waals surface area contributed by atoms with Gasteiger partial charge in [-0.1, -0.05) is 54.6 Å². The average Bonchev–Trinajstić information content (AvgIpc) is 3.08. The fourth-order valence-corrected chi connectivity index (χ4v) is 8.02. The van der Waals surface area contributed by atoms with Gasteiger partial charge in [-0.2, -0.15) is 0 Å². The fraction of sp³-hybridized carbons (Fsp3) is 0.257. The predicted molar refractivity (Wildman–Crippen MR) is 174 cm³/mol. The molecule has 2 saturated heterocycles. The van der Waals surface area contributed by atoms with Gasteiger partial charge in [0.1, 0.15) is 35.6 Å². The lowest BCUT2D eigenvalue weighted by Gasteiger charge is -2.47. The molecule has 2 fully saturated rings. The number of aliphatic hydroxyl groups excluding tert-OH is 4. The van der Waals surface area contributed by atoms with Gasteiger partial charge in [0, 0.05) is 11.3 Å². The van der Waals surface area contributed by atoms with Crippen LogP contribution in [0.1, 0.15) is 23.3 Å². The third-order valence-electron chi connectivity index (χ3n) is 8.69. The van der Waals surface area contributed by atoms with E-state index in [4.69, 9.17) is 9.47 Å². The van der Waals surface area contributed by atoms with E-state index in [1.807, 2.05) is 0 Å². The highest BCUT2D eigenvalue weighted by Gasteiger charge is 2.57. The van der Waals surface area contributed by atoms with E-state index >= 15 is 0 Å². The largest absolute Gasteiger partial charge is 0.508 e. The van der Waals surface area contributed by atoms with E-state index in [9.17, 15) is 53.0 Å². The van der Waals surface area contributed by atoms with Crippen LogP contribution in [0.4, 0.5) is 10.1 Å². The molecule has 0 aliphatic carbocycles. The Kier molecular flexibility index (Phi) is 9.63. The summed E-state index contributed by atoms with van der Waals surface area (Å²) in [7, 11) is -4.35. The number of β-lactam (4-membered cyclic amide) rings is 1. The zero-order valence-corrected chi connectivity index (χ0v) is 26.7. The number of aliphatic hydroxyl groups is 4. The summed E-state index contributed by atoms with van der Waals surface area (Å²) in [6, 6.07) is 22.3. The average molecular weight is 710 g/mol. The van der Waals surface area contributed by atoms with Crippen molar-refractivity contribution in [3.05, 3.63) is 114 Å². The van der Waals surface area contributed by atoms with E-state index in [0.717, 1.165) is 12.1 Å². The van der Waals surface area contributed by atoms with Gasteiger partial charge in [-0.3, -0.25) is 4.79 Å². The lowest BCUT2D eigenvalue weighted by atomic mass is 9.90. The van der Waals surface area contributed by atoms with Gasteiger partial charge in [0.2, 0.25) is 12.2 Å². The molecule has 1 amide bonds. The van der Waals surface area contributed by atoms with Crippen molar-refractivity contribution in [1.82, 2.24) is 0 Å². The summed E-state index contributed by atoms with van der Waals surface area (Å²) in [5.41, 5.74) is 1.53. The topological polar surface area (TPSA) is 211 Å². The number of carbonyl (C=O) groups is 2. The van der Waals surface area contributed by atoms with Crippen LogP contribution in [0.2, 0.25) is 0 Å². The molecular formula is C35H32FNO12S. The van der Waals surface area contributed by atoms with Crippen LogP contribution in [0.3, 0.4) is 0 Å². The number of hydrogen-bond donors (Lipinski definition) is 6. The first-order valence-corrected chi connectivity index (χ1v) is 17.0. The summed E-state index contributed by atoms with van der Waals surface area (Å²) in [4.78, 5) is 26.2. The molecule has 0 bridgehead atoms. The Bertz CT molecular complexity index is 1990. The summed E-state index contributed by atoms with van der Waals surface area (Å²) < 4.78 is 51.6. The molecule has 262 valence electrons. The van der Waals surface area contributed by atoms with Crippen LogP contribution in [-0.2, 0) is 24.2 Å². The molecule has 2 aliphatic heterocycles. The lowest BCUT2D eigenvalue weighted by molar-refractivity contribution is -0.271. The fourth-order valence-electron chi connectivity index (χ4n) is 6.10. The number of ether oxygens (including phenoxy) is 2. The molecule has 0 aromatic heterocycles. The zero-order valence-electron chi connectivity index (χ0n) is 25.9. The second kappa shape index (κ2) is 13.8. The van der Waals surface area contributed by atoms with E-state index in [1.165, 1.54) is 41.3 Å². The Morgan fingerprint density at radius 3 is 2.22 bits per heavy atom. The number of halogens is 1. The van der Waals surface area contributed by atoms with E-state index in [-0.39, 0.29) is 22.6 Å². The van der Waals surface area contributed by atoms with E-state index in [2.05, 4.69) is 0 Å². The summed E-state index contributed by atoms with van der Waals surface area (Å²) in [5, 5.41) is 60.1. The maximum Gasteiger partial charge on any atom is 0.335 e. The molecule has 2 aliphatic rings. The van der Waals surface area contributed by atoms with Gasteiger partial charge in [0.15, 0.2) is 21.2 Å². The van der Waals surface area contributed by atoms with Crippen LogP contribution in [0.5, 0.6) is 11.5 Å². The second-order valence-corrected chi connectivity index (χ2v) is 14.1. The van der Waals surface area contributed by atoms with Crippen molar-refractivity contribution in [2.45, 2.75) is 48.1 Å². The van der Waals surface area contributed by atoms with Crippen LogP contribution < -0.4 is 9.64 Å². The Labute approximate surface area is 284 Å². The van der Waals surface area contributed by atoms with Gasteiger partial charge in [-0.15, -0.1) is 0 Å². The van der Waals surface area contributed by atoms with Crippen LogP contribution >= 0.6 is 0 Å². The number of sulfone groups is 1. The standard InChI is InChI=1S/C35H32FNO12S/c36-21-12-9-18(10-13-21)26(39)17-50(46,47)32-27(37(33(32)43)22-6-2-1-3-7-22)24-14-11-20(16-25(24)38)19-5-4-8-23(15-19)48-35-30(42)28(40)29(41)31(49-35)34(44)45/h1-16,26-32,35,38-42H,17H2,(H,44,45)/t26-,27+,28-,29?,30?,31?,32+,35+/m0/s1. The minimum atomic E-state index is -4.35. The Hall–Kier alpha value is -4.90. The molecule has 0 spiro atoms. The number of aromatic hydroxyl groups is 1. The van der Waals surface area contributed by atoms with Gasteiger partial charge in [-0.05, 0) is 59.2 Å². The molecular weight excluding hydrogens is 677 g/mol. The van der Waals surface area contributed by atoms with Crippen molar-refractivity contribution in [2.24, 2.45) is 0 Å². The molecule has 4 aromatic rings. The van der Waals surface area contributed by atoms with Crippen molar-refractivity contribution in [3.63, 3.8) is 0 Å². The maximum atomic E-state index is 13.7. The minimum Gasteiger partial charge on any atom is -0.508 e. The molecule has 50 heavy (non-hydrogen) atoms. The van der Waals surface area contributed by atoms with Crippen molar-refractivity contribution in [3.8, 4) is 22.6 Å². The number of benzene rings is 4. The number of hydrogen-bond acceptors (Lipinski definition) is 11. The lowest BCUT2D eigenvalue weighted by Crippen LogP contribution is -2.62. The van der Waals surface area contributed by atoms with Crippen LogP contribution in [-0.4, -0.2) is 92.6 Å². The highest BCUT2D eigenvalue weighted by Crippen LogP contribution is 2.47. The zero-order chi connectivity index (χ0) is 35.9. The summed E-state index contributed by atoms with van der Waals surface area (Å²) >= 11 is 0. The number of para-hydroxylation sites is 1. The molecule has 6 N–H and O–H groups in total. The van der Waals surface area contributed by atoms with Crippen molar-refractivity contribution in [1.29, 1.82) is 0 Å². The monoisotopic (exact) mass is 709 g/mol. The Morgan fingerprint density at radius 1 is 0.880 bits per heavy atom. The summed E-state index contributed by atoms with van der Waals surface area (Å²) in [5.74, 6) is -3.99. The number of aliphatic carboxylic acids is 1. The van der Waals surface area contributed by atoms with Gasteiger partial charge < -0.3 is 45.0 Å². The number of phenolic OH excluding ortho intramolecular Hbond substituents is 1. The van der Waals surface area contributed by atoms with Crippen molar-refractivity contribution in [2.75, 3.05) is 10.7 Å². The van der Waals surface area contributed by atoms with Gasteiger partial charge >= 0.3 is 5.97 Å². The first kappa shape index (κ1) is 34.9. The molecule has 8 atom stereocenters. The Balaban J connectivity index is 1.28. The van der Waals surface area contributed by atoms with Crippen LogP contribution in [0.15, 0.2) is 97.1 Å². The number of nitrogens with zero attached hydrogens (tertiary/aromatic N) is 1. The third kappa shape index (κ3) is 6.66. The van der Waals surface area contributed by atoms with E-state index in [1.54, 1.807) is 48.5 Å². The number of rotatable bonds is 10. The molecule has 15 heteroatoms. The predicted octanol–water partition coefficient (Wildman–Crippen LogP) is 2.07. The molecule has 0 saturated carbocycles. The highest BCUT2D eigenvalue weighted by molar-refractivity contribution is 7.93. The number of phenols is 1. The summed E-state index contributed by atoms with van der Waals surface area (Å²) in [6.07, 6.45) is -10.6. The van der Waals surface area contributed by atoms with Crippen molar-refractivity contribution >= 4 is 27.4 Å². The van der Waals surface area contributed by atoms with Gasteiger partial charge in [0.05, 0.1) is 17.9 Å². The smallest absolute Gasteiger partial charge is 0.335 e. The SMILES string of the molecule is O=C(O)C1O[C@@H](Oc2cccc(-c3ccc([C@@H]4[C@@H](S(=O)(=O)C[C@H](O)c5ccc(F)cc5)C(=O)N4c4ccccc4)c(O)c3)c2)C(O)[C@@H](O)C1O. The number of carbonyl (C=O) groups excluding carboxylic acids is 1. The number of anilines is 1. The normalized spacial score (nSPS) is 25.8. The number of amides is 1. The second-order valence-electron chi connectivity index (χ2n) is 12.0. The first-order valence-electron chi connectivity index (χ1n) is 15.3. The minimum absolute atomic E-state index is 0.0774. The molecule has 13 nitrogen and oxygen atoms in total. The molecule has 3 unspecified atom stereocenters. The molecule has 6 rings (SSSR count). The number of carboxylic acids is 1. The molecule has 0 radical (unpaired) electrons. The highest BCUT2D eigenvalue weighted by atomic mass is 32.2. The van der Waals surface area contributed by atoms with E-state index in [0.29, 0.717) is 16.8 Å². The van der Waals surface area contributed by atoms with Crippen molar-refractivity contribution < 1.29 is 62.5 Å². The quantitative estimate of drug-likeness (QED) is 0.131. The third-order valence-corrected chi connectivity index (χ3v) is 10.7. The Morgan fingerprint density at radius 2 is 1.56 bits per heavy atom. The van der Waals surface area contributed by atoms with E-state index < -0.39 is 81.4 Å². The van der Waals surface area contributed by atoms with Gasteiger partial charge in [-0.25, -0.2) is 17.6 Å². The van der Waals surface area contributed by atoms with Crippen LogP contribution in [0, 0.1) is 5.82 Å².